The van der Waals surface area contributed by atoms with Crippen LogP contribution in [0, 0.1) is 23.4 Å². The van der Waals surface area contributed by atoms with Gasteiger partial charge < -0.3 is 5.32 Å². The van der Waals surface area contributed by atoms with Gasteiger partial charge in [-0.2, -0.15) is 4.31 Å². The van der Waals surface area contributed by atoms with Crippen molar-refractivity contribution in [2.24, 2.45) is 5.92 Å². The van der Waals surface area contributed by atoms with Crippen molar-refractivity contribution >= 4 is 32.4 Å². The van der Waals surface area contributed by atoms with Crippen LogP contribution in [0.3, 0.4) is 0 Å². The minimum absolute atomic E-state index is 0.0910. The van der Waals surface area contributed by atoms with E-state index in [1.165, 1.54) is 10.4 Å². The summed E-state index contributed by atoms with van der Waals surface area (Å²) < 4.78 is 67.9. The number of fused-ring (bicyclic) bond motifs is 1. The molecule has 1 heterocycles. The summed E-state index contributed by atoms with van der Waals surface area (Å²) in [7, 11) is -3.84. The second-order valence-electron chi connectivity index (χ2n) is 7.42. The lowest BCUT2D eigenvalue weighted by Crippen LogP contribution is -2.43. The number of anilines is 1. The Morgan fingerprint density at radius 2 is 1.71 bits per heavy atom. The summed E-state index contributed by atoms with van der Waals surface area (Å²) in [4.78, 5) is 12.7. The van der Waals surface area contributed by atoms with E-state index in [-0.39, 0.29) is 18.0 Å². The zero-order chi connectivity index (χ0) is 22.2. The zero-order valence-corrected chi connectivity index (χ0v) is 17.1. The number of benzene rings is 3. The summed E-state index contributed by atoms with van der Waals surface area (Å²) in [5.74, 6) is -5.94. The first-order chi connectivity index (χ1) is 14.8. The summed E-state index contributed by atoms with van der Waals surface area (Å²) in [6.45, 7) is 0.158. The number of nitrogens with one attached hydrogen (secondary N) is 1. The van der Waals surface area contributed by atoms with Crippen molar-refractivity contribution in [1.29, 1.82) is 0 Å². The summed E-state index contributed by atoms with van der Waals surface area (Å²) >= 11 is 0. The molecule has 162 valence electrons. The largest absolute Gasteiger partial charge is 0.323 e. The van der Waals surface area contributed by atoms with E-state index in [1.807, 2.05) is 24.3 Å². The van der Waals surface area contributed by atoms with Crippen LogP contribution in [-0.4, -0.2) is 31.7 Å². The highest BCUT2D eigenvalue weighted by atomic mass is 32.2. The normalized spacial score (nSPS) is 17.6. The van der Waals surface area contributed by atoms with E-state index < -0.39 is 45.0 Å². The Bertz CT molecular complexity index is 1260. The third-order valence-corrected chi connectivity index (χ3v) is 7.27. The van der Waals surface area contributed by atoms with E-state index in [0.717, 1.165) is 16.8 Å². The molecule has 31 heavy (non-hydrogen) atoms. The number of carbonyl (C=O) groups excluding carboxylic acids is 1. The highest BCUT2D eigenvalue weighted by Gasteiger charge is 2.34. The first-order valence-corrected chi connectivity index (χ1v) is 11.1. The zero-order valence-electron chi connectivity index (χ0n) is 16.3. The Morgan fingerprint density at radius 1 is 0.968 bits per heavy atom. The molecule has 9 heteroatoms. The van der Waals surface area contributed by atoms with Crippen LogP contribution in [0.4, 0.5) is 18.9 Å². The highest BCUT2D eigenvalue weighted by Crippen LogP contribution is 2.27. The number of sulfonamides is 1. The number of hydrogen-bond donors (Lipinski definition) is 1. The lowest BCUT2D eigenvalue weighted by Gasteiger charge is -2.31. The van der Waals surface area contributed by atoms with Gasteiger partial charge in [0.05, 0.1) is 16.5 Å². The van der Waals surface area contributed by atoms with E-state index in [0.29, 0.717) is 18.9 Å². The van der Waals surface area contributed by atoms with Gasteiger partial charge in [-0.3, -0.25) is 4.79 Å². The molecule has 3 aromatic carbocycles. The van der Waals surface area contributed by atoms with Crippen molar-refractivity contribution < 1.29 is 26.4 Å². The van der Waals surface area contributed by atoms with Crippen LogP contribution < -0.4 is 5.32 Å². The van der Waals surface area contributed by atoms with Gasteiger partial charge in [-0.05, 0) is 47.9 Å². The van der Waals surface area contributed by atoms with Crippen LogP contribution in [-0.2, 0) is 14.8 Å². The molecule has 1 amide bonds. The fourth-order valence-electron chi connectivity index (χ4n) is 3.71. The molecule has 0 aromatic heterocycles. The van der Waals surface area contributed by atoms with Gasteiger partial charge in [0.2, 0.25) is 15.9 Å². The molecule has 1 N–H and O–H groups in total. The van der Waals surface area contributed by atoms with Crippen LogP contribution in [0.15, 0.2) is 59.5 Å². The molecule has 3 aromatic rings. The van der Waals surface area contributed by atoms with Crippen molar-refractivity contribution in [2.75, 3.05) is 18.4 Å². The number of piperidine rings is 1. The van der Waals surface area contributed by atoms with Gasteiger partial charge in [-0.1, -0.05) is 30.3 Å². The number of halogens is 3. The monoisotopic (exact) mass is 448 g/mol. The molecule has 5 nitrogen and oxygen atoms in total. The third-order valence-electron chi connectivity index (χ3n) is 5.41. The Kier molecular flexibility index (Phi) is 5.72. The molecule has 0 saturated carbocycles. The van der Waals surface area contributed by atoms with Crippen LogP contribution in [0.5, 0.6) is 0 Å². The first kappa shape index (κ1) is 21.3. The minimum atomic E-state index is -3.84. The van der Waals surface area contributed by atoms with E-state index in [1.54, 1.807) is 12.1 Å². The van der Waals surface area contributed by atoms with E-state index in [2.05, 4.69) is 5.32 Å². The number of carbonyl (C=O) groups is 1. The smallest absolute Gasteiger partial charge is 0.243 e. The summed E-state index contributed by atoms with van der Waals surface area (Å²) in [6, 6.07) is 13.9. The van der Waals surface area contributed by atoms with Gasteiger partial charge in [-0.25, -0.2) is 21.6 Å². The molecule has 4 rings (SSSR count). The lowest BCUT2D eigenvalue weighted by atomic mass is 9.98. The van der Waals surface area contributed by atoms with Gasteiger partial charge in [-0.15, -0.1) is 0 Å². The second-order valence-corrected chi connectivity index (χ2v) is 9.36. The fourth-order valence-corrected chi connectivity index (χ4v) is 5.27. The SMILES string of the molecule is O=C(Nc1ccc(F)c(F)c1F)C1CCCN(S(=O)(=O)c2ccc3ccccc3c2)C1. The Labute approximate surface area is 177 Å². The maximum atomic E-state index is 13.9. The van der Waals surface area contributed by atoms with E-state index >= 15 is 0 Å². The van der Waals surface area contributed by atoms with Crippen LogP contribution in [0.1, 0.15) is 12.8 Å². The predicted molar refractivity (Wildman–Crippen MR) is 110 cm³/mol. The number of rotatable bonds is 4. The molecule has 0 radical (unpaired) electrons. The van der Waals surface area contributed by atoms with Gasteiger partial charge in [0.1, 0.15) is 0 Å². The van der Waals surface area contributed by atoms with E-state index in [9.17, 15) is 26.4 Å². The van der Waals surface area contributed by atoms with Crippen molar-refractivity contribution in [2.45, 2.75) is 17.7 Å². The van der Waals surface area contributed by atoms with Crippen molar-refractivity contribution in [3.63, 3.8) is 0 Å². The molecule has 0 spiro atoms. The van der Waals surface area contributed by atoms with Crippen molar-refractivity contribution in [3.8, 4) is 0 Å². The van der Waals surface area contributed by atoms with Gasteiger partial charge in [0.25, 0.3) is 0 Å². The first-order valence-electron chi connectivity index (χ1n) is 9.70. The summed E-state index contributed by atoms with van der Waals surface area (Å²) in [5.41, 5.74) is -0.488. The summed E-state index contributed by atoms with van der Waals surface area (Å²) in [5, 5.41) is 3.93. The van der Waals surface area contributed by atoms with Crippen LogP contribution in [0.25, 0.3) is 10.8 Å². The molecule has 1 unspecified atom stereocenters. The molecule has 0 bridgehead atoms. The molecule has 0 aliphatic carbocycles. The van der Waals surface area contributed by atoms with Gasteiger partial charge in [0.15, 0.2) is 17.5 Å². The summed E-state index contributed by atoms with van der Waals surface area (Å²) in [6.07, 6.45) is 0.825. The molecule has 1 atom stereocenters. The topological polar surface area (TPSA) is 66.5 Å². The Hall–Kier alpha value is -2.91. The lowest BCUT2D eigenvalue weighted by molar-refractivity contribution is -0.120. The van der Waals surface area contributed by atoms with Crippen LogP contribution >= 0.6 is 0 Å². The molecule has 1 aliphatic heterocycles. The predicted octanol–water partition coefficient (Wildman–Crippen LogP) is 4.30. The Balaban J connectivity index is 1.53. The minimum Gasteiger partial charge on any atom is -0.323 e. The number of nitrogens with zero attached hydrogens (tertiary/aromatic N) is 1. The van der Waals surface area contributed by atoms with Gasteiger partial charge >= 0.3 is 0 Å². The van der Waals surface area contributed by atoms with E-state index in [4.69, 9.17) is 0 Å². The Morgan fingerprint density at radius 3 is 2.48 bits per heavy atom. The molecular weight excluding hydrogens is 429 g/mol. The quantitative estimate of drug-likeness (QED) is 0.606. The molecule has 1 aliphatic rings. The average Bonchev–Trinajstić information content (AvgIpc) is 2.79. The van der Waals surface area contributed by atoms with Crippen LogP contribution in [0.2, 0.25) is 0 Å². The maximum absolute atomic E-state index is 13.9. The fraction of sp³-hybridized carbons (Fsp3) is 0.227. The molecule has 1 fully saturated rings. The highest BCUT2D eigenvalue weighted by molar-refractivity contribution is 7.89. The van der Waals surface area contributed by atoms with Crippen molar-refractivity contribution in [3.05, 3.63) is 72.0 Å². The number of amides is 1. The van der Waals surface area contributed by atoms with Crippen molar-refractivity contribution in [1.82, 2.24) is 4.31 Å². The average molecular weight is 448 g/mol. The molecule has 1 saturated heterocycles. The molecular formula is C22H19F3N2O3S. The maximum Gasteiger partial charge on any atom is 0.243 e. The second kappa shape index (κ2) is 8.32. The third kappa shape index (κ3) is 4.15. The number of hydrogen-bond acceptors (Lipinski definition) is 3. The standard InChI is InChI=1S/C22H19F3N2O3S/c23-18-9-10-19(21(25)20(18)24)26-22(28)16-6-3-11-27(13-16)31(29,30)17-8-7-14-4-1-2-5-15(14)12-17/h1-2,4-5,7-10,12,16H,3,6,11,13H2,(H,26,28). The van der Waals surface area contributed by atoms with Gasteiger partial charge in [0, 0.05) is 13.1 Å².